The third-order valence-electron chi connectivity index (χ3n) is 7.65. The number of likely N-dealkylation sites (tertiary alicyclic amines) is 1. The predicted octanol–water partition coefficient (Wildman–Crippen LogP) is 5.38. The Kier molecular flexibility index (Phi) is 4.49. The number of piperidine rings is 1. The van der Waals surface area contributed by atoms with Crippen LogP contribution in [0.4, 0.5) is 0 Å². The third-order valence-corrected chi connectivity index (χ3v) is 7.65. The first kappa shape index (κ1) is 16.2. The molecule has 3 aliphatic carbocycles. The van der Waals surface area contributed by atoms with E-state index in [2.05, 4.69) is 29.2 Å². The second-order valence-corrected chi connectivity index (χ2v) is 9.11. The van der Waals surface area contributed by atoms with Gasteiger partial charge in [-0.05, 0) is 100 Å². The lowest BCUT2D eigenvalue weighted by atomic mass is 9.86. The molecule has 0 amide bonds. The average molecular weight is 340 g/mol. The van der Waals surface area contributed by atoms with E-state index in [0.717, 1.165) is 17.9 Å². The molecular formula is C23H33NO. The second kappa shape index (κ2) is 6.95. The fourth-order valence-electron chi connectivity index (χ4n) is 6.31. The Morgan fingerprint density at radius 1 is 0.840 bits per heavy atom. The summed E-state index contributed by atoms with van der Waals surface area (Å²) in [6.07, 6.45) is 14.3. The summed E-state index contributed by atoms with van der Waals surface area (Å²) in [7, 11) is 0. The average Bonchev–Trinajstić information content (AvgIpc) is 3.41. The zero-order valence-electron chi connectivity index (χ0n) is 15.5. The highest BCUT2D eigenvalue weighted by molar-refractivity contribution is 5.37. The number of ether oxygens (including phenoxy) is 1. The van der Waals surface area contributed by atoms with Crippen molar-refractivity contribution in [3.05, 3.63) is 29.8 Å². The smallest absolute Gasteiger partial charge is 0.123 e. The van der Waals surface area contributed by atoms with Gasteiger partial charge in [0.1, 0.15) is 5.75 Å². The maximum absolute atomic E-state index is 6.41. The van der Waals surface area contributed by atoms with Crippen LogP contribution in [-0.4, -0.2) is 30.1 Å². The highest BCUT2D eigenvalue weighted by Gasteiger charge is 2.43. The molecule has 4 aliphatic rings. The van der Waals surface area contributed by atoms with Crippen molar-refractivity contribution in [2.45, 2.75) is 82.3 Å². The predicted molar refractivity (Wildman–Crippen MR) is 102 cm³/mol. The van der Waals surface area contributed by atoms with Crippen LogP contribution in [0.25, 0.3) is 0 Å². The van der Waals surface area contributed by atoms with Gasteiger partial charge >= 0.3 is 0 Å². The Balaban J connectivity index is 1.23. The minimum atomic E-state index is 0.468. The van der Waals surface area contributed by atoms with Crippen LogP contribution in [0.3, 0.4) is 0 Å². The molecule has 1 aromatic rings. The highest BCUT2D eigenvalue weighted by atomic mass is 16.5. The van der Waals surface area contributed by atoms with Crippen molar-refractivity contribution in [2.24, 2.45) is 11.8 Å². The van der Waals surface area contributed by atoms with Crippen molar-refractivity contribution < 1.29 is 4.74 Å². The molecule has 0 aromatic heterocycles. The maximum Gasteiger partial charge on any atom is 0.123 e. The lowest BCUT2D eigenvalue weighted by Crippen LogP contribution is -2.43. The molecule has 3 atom stereocenters. The van der Waals surface area contributed by atoms with E-state index in [-0.39, 0.29) is 0 Å². The standard InChI is InChI=1S/C23H33NO/c1-2-6-20(5-1)25-23-8-4-3-7-21(23)18-11-13-24(14-12-18)22-16-17-9-10-19(22)15-17/h3-4,7-8,17-20,22H,1-2,5-6,9-16H2/t17-,19?,22-/m0/s1. The van der Waals surface area contributed by atoms with Crippen molar-refractivity contribution in [3.63, 3.8) is 0 Å². The Hall–Kier alpha value is -1.02. The molecule has 1 unspecified atom stereocenters. The second-order valence-electron chi connectivity index (χ2n) is 9.11. The molecule has 25 heavy (non-hydrogen) atoms. The molecule has 2 nitrogen and oxygen atoms in total. The van der Waals surface area contributed by atoms with Gasteiger partial charge in [0.05, 0.1) is 6.10 Å². The van der Waals surface area contributed by atoms with Crippen LogP contribution in [0.5, 0.6) is 5.75 Å². The van der Waals surface area contributed by atoms with Crippen LogP contribution in [-0.2, 0) is 0 Å². The number of fused-ring (bicyclic) bond motifs is 2. The monoisotopic (exact) mass is 339 g/mol. The molecule has 5 rings (SSSR count). The zero-order chi connectivity index (χ0) is 16.6. The van der Waals surface area contributed by atoms with Crippen molar-refractivity contribution in [1.82, 2.24) is 4.90 Å². The first-order valence-electron chi connectivity index (χ1n) is 10.9. The number of hydrogen-bond donors (Lipinski definition) is 0. The molecule has 136 valence electrons. The number of benzene rings is 1. The molecule has 1 saturated heterocycles. The summed E-state index contributed by atoms with van der Waals surface area (Å²) in [5, 5.41) is 0. The van der Waals surface area contributed by atoms with Gasteiger partial charge in [0, 0.05) is 6.04 Å². The van der Waals surface area contributed by atoms with Crippen molar-refractivity contribution >= 4 is 0 Å². The normalized spacial score (nSPS) is 34.0. The van der Waals surface area contributed by atoms with E-state index in [1.54, 1.807) is 0 Å². The summed E-state index contributed by atoms with van der Waals surface area (Å²) >= 11 is 0. The molecule has 4 fully saturated rings. The van der Waals surface area contributed by atoms with Gasteiger partial charge in [0.2, 0.25) is 0 Å². The summed E-state index contributed by atoms with van der Waals surface area (Å²) in [6.45, 7) is 2.60. The minimum Gasteiger partial charge on any atom is -0.490 e. The Morgan fingerprint density at radius 2 is 1.64 bits per heavy atom. The van der Waals surface area contributed by atoms with Gasteiger partial charge in [0.25, 0.3) is 0 Å². The topological polar surface area (TPSA) is 12.5 Å². The van der Waals surface area contributed by atoms with Gasteiger partial charge in [-0.1, -0.05) is 24.6 Å². The quantitative estimate of drug-likeness (QED) is 0.730. The molecular weight excluding hydrogens is 306 g/mol. The first-order chi connectivity index (χ1) is 12.4. The molecule has 0 radical (unpaired) electrons. The third kappa shape index (κ3) is 3.23. The zero-order valence-corrected chi connectivity index (χ0v) is 15.5. The summed E-state index contributed by atoms with van der Waals surface area (Å²) in [5.74, 6) is 3.98. The van der Waals surface area contributed by atoms with Crippen molar-refractivity contribution in [2.75, 3.05) is 13.1 Å². The number of para-hydroxylation sites is 1. The van der Waals surface area contributed by atoms with Gasteiger partial charge < -0.3 is 9.64 Å². The SMILES string of the molecule is c1ccc(C2CCN([C@H]3C[C@H]4CCC3C4)CC2)c(OC2CCCC2)c1. The van der Waals surface area contributed by atoms with Gasteiger partial charge in [0.15, 0.2) is 0 Å². The number of nitrogens with zero attached hydrogens (tertiary/aromatic N) is 1. The van der Waals surface area contributed by atoms with E-state index >= 15 is 0 Å². The Morgan fingerprint density at radius 3 is 2.36 bits per heavy atom. The van der Waals surface area contributed by atoms with Gasteiger partial charge in [-0.25, -0.2) is 0 Å². The van der Waals surface area contributed by atoms with E-state index in [1.807, 2.05) is 0 Å². The van der Waals surface area contributed by atoms with E-state index in [9.17, 15) is 0 Å². The molecule has 2 heteroatoms. The number of hydrogen-bond acceptors (Lipinski definition) is 2. The fraction of sp³-hybridized carbons (Fsp3) is 0.739. The molecule has 0 spiro atoms. The Labute approximate surface area is 152 Å². The minimum absolute atomic E-state index is 0.468. The maximum atomic E-state index is 6.41. The van der Waals surface area contributed by atoms with E-state index < -0.39 is 0 Å². The fourth-order valence-corrected chi connectivity index (χ4v) is 6.31. The Bertz CT molecular complexity index is 586. The van der Waals surface area contributed by atoms with E-state index in [4.69, 9.17) is 4.74 Å². The molecule has 1 heterocycles. The van der Waals surface area contributed by atoms with Crippen molar-refractivity contribution in [1.29, 1.82) is 0 Å². The van der Waals surface area contributed by atoms with Gasteiger partial charge in [-0.2, -0.15) is 0 Å². The first-order valence-corrected chi connectivity index (χ1v) is 10.9. The van der Waals surface area contributed by atoms with Gasteiger partial charge in [-0.3, -0.25) is 0 Å². The lowest BCUT2D eigenvalue weighted by Gasteiger charge is -2.40. The largest absolute Gasteiger partial charge is 0.490 e. The summed E-state index contributed by atoms with van der Waals surface area (Å²) < 4.78 is 6.41. The van der Waals surface area contributed by atoms with Crippen LogP contribution in [0.15, 0.2) is 24.3 Å². The summed E-state index contributed by atoms with van der Waals surface area (Å²) in [6, 6.07) is 9.83. The van der Waals surface area contributed by atoms with Crippen LogP contribution in [0.1, 0.15) is 75.7 Å². The van der Waals surface area contributed by atoms with E-state index in [0.29, 0.717) is 12.0 Å². The molecule has 0 N–H and O–H groups in total. The molecule has 1 aromatic carbocycles. The van der Waals surface area contributed by atoms with E-state index in [1.165, 1.54) is 88.6 Å². The van der Waals surface area contributed by atoms with Crippen LogP contribution < -0.4 is 4.74 Å². The number of rotatable bonds is 4. The van der Waals surface area contributed by atoms with Crippen molar-refractivity contribution in [3.8, 4) is 5.75 Å². The molecule has 1 aliphatic heterocycles. The molecule has 2 bridgehead atoms. The lowest BCUT2D eigenvalue weighted by molar-refractivity contribution is 0.109. The van der Waals surface area contributed by atoms with Crippen LogP contribution in [0.2, 0.25) is 0 Å². The summed E-state index contributed by atoms with van der Waals surface area (Å²) in [5.41, 5.74) is 1.49. The molecule has 3 saturated carbocycles. The summed E-state index contributed by atoms with van der Waals surface area (Å²) in [4.78, 5) is 2.85. The highest BCUT2D eigenvalue weighted by Crippen LogP contribution is 2.48. The van der Waals surface area contributed by atoms with Gasteiger partial charge in [-0.15, -0.1) is 0 Å². The van der Waals surface area contributed by atoms with Crippen LogP contribution >= 0.6 is 0 Å². The van der Waals surface area contributed by atoms with Crippen LogP contribution in [0, 0.1) is 11.8 Å².